The van der Waals surface area contributed by atoms with E-state index >= 15 is 0 Å². The van der Waals surface area contributed by atoms with Gasteiger partial charge in [0.25, 0.3) is 0 Å². The summed E-state index contributed by atoms with van der Waals surface area (Å²) < 4.78 is 5.17. The van der Waals surface area contributed by atoms with Gasteiger partial charge in [0.2, 0.25) is 5.91 Å². The number of ether oxygens (including phenoxy) is 1. The Morgan fingerprint density at radius 2 is 1.52 bits per heavy atom. The van der Waals surface area contributed by atoms with Crippen molar-refractivity contribution in [3.8, 4) is 0 Å². The lowest BCUT2D eigenvalue weighted by Gasteiger charge is -2.37. The molecule has 0 aliphatic carbocycles. The average molecular weight is 459 g/mol. The van der Waals surface area contributed by atoms with E-state index in [1.807, 2.05) is 11.8 Å². The Kier molecular flexibility index (Phi) is 8.01. The van der Waals surface area contributed by atoms with Gasteiger partial charge in [-0.25, -0.2) is 0 Å². The second-order valence-electron chi connectivity index (χ2n) is 9.31. The second-order valence-corrected chi connectivity index (χ2v) is 9.31. The molecule has 3 aliphatic rings. The molecular weight excluding hydrogens is 420 g/mol. The van der Waals surface area contributed by atoms with Gasteiger partial charge in [0.15, 0.2) is 11.6 Å². The Bertz CT molecular complexity index is 788. The Balaban J connectivity index is 1.26. The highest BCUT2D eigenvalue weighted by molar-refractivity contribution is 5.80. The van der Waals surface area contributed by atoms with Crippen LogP contribution in [0.15, 0.2) is 12.1 Å². The first-order chi connectivity index (χ1) is 16.1. The van der Waals surface area contributed by atoms with Crippen molar-refractivity contribution in [2.45, 2.75) is 39.5 Å². The number of nitrogens with zero attached hydrogens (tertiary/aromatic N) is 6. The van der Waals surface area contributed by atoms with Gasteiger partial charge in [-0.1, -0.05) is 6.92 Å². The van der Waals surface area contributed by atoms with Crippen LogP contribution in [0.4, 0.5) is 11.6 Å². The second kappa shape index (κ2) is 11.1. The predicted octanol–water partition coefficient (Wildman–Crippen LogP) is 1.64. The van der Waals surface area contributed by atoms with Gasteiger partial charge in [-0.2, -0.15) is 0 Å². The zero-order valence-corrected chi connectivity index (χ0v) is 20.1. The number of hydrogen-bond acceptors (Lipinski definition) is 8. The van der Waals surface area contributed by atoms with Gasteiger partial charge in [0.1, 0.15) is 0 Å². The molecule has 33 heavy (non-hydrogen) atoms. The topological polar surface area (TPSA) is 82.1 Å². The summed E-state index contributed by atoms with van der Waals surface area (Å²) in [5.41, 5.74) is 0. The molecule has 182 valence electrons. The molecule has 9 nitrogen and oxygen atoms in total. The minimum atomic E-state index is -0.179. The molecule has 0 aromatic carbocycles. The van der Waals surface area contributed by atoms with Crippen molar-refractivity contribution in [3.05, 3.63) is 12.1 Å². The Hall–Kier alpha value is -2.42. The van der Waals surface area contributed by atoms with Crippen molar-refractivity contribution < 1.29 is 14.3 Å². The number of hydrogen-bond donors (Lipinski definition) is 0. The average Bonchev–Trinajstić information content (AvgIpc) is 2.89. The third-order valence-electron chi connectivity index (χ3n) is 7.30. The molecule has 0 bridgehead atoms. The number of rotatable bonds is 6. The van der Waals surface area contributed by atoms with E-state index in [-0.39, 0.29) is 23.7 Å². The lowest BCUT2D eigenvalue weighted by atomic mass is 9.92. The fourth-order valence-electron chi connectivity index (χ4n) is 5.19. The standard InChI is InChI=1S/C24H38N6O3/c1-3-27-14-16-29(17-15-27)22-8-7-21(25-26-22)28-12-9-19(10-13-28)23(31)30-11-5-6-20(18-30)24(32)33-4-2/h7-8,19-20H,3-6,9-18H2,1-2H3. The molecule has 4 heterocycles. The van der Waals surface area contributed by atoms with Crippen molar-refractivity contribution in [2.24, 2.45) is 11.8 Å². The summed E-state index contributed by atoms with van der Waals surface area (Å²) >= 11 is 0. The summed E-state index contributed by atoms with van der Waals surface area (Å²) in [6.45, 7) is 12.5. The molecule has 0 spiro atoms. The van der Waals surface area contributed by atoms with Crippen LogP contribution in [-0.4, -0.2) is 97.4 Å². The molecule has 9 heteroatoms. The number of esters is 1. The molecule has 3 saturated heterocycles. The maximum Gasteiger partial charge on any atom is 0.310 e. The molecule has 3 aliphatic heterocycles. The molecule has 0 radical (unpaired) electrons. The van der Waals surface area contributed by atoms with Crippen LogP contribution >= 0.6 is 0 Å². The molecule has 1 aromatic heterocycles. The van der Waals surface area contributed by atoms with Crippen molar-refractivity contribution in [3.63, 3.8) is 0 Å². The van der Waals surface area contributed by atoms with Gasteiger partial charge < -0.3 is 24.3 Å². The number of anilines is 2. The molecule has 3 fully saturated rings. The van der Waals surface area contributed by atoms with Crippen LogP contribution in [-0.2, 0) is 14.3 Å². The molecular formula is C24H38N6O3. The van der Waals surface area contributed by atoms with Crippen molar-refractivity contribution in [1.29, 1.82) is 0 Å². The van der Waals surface area contributed by atoms with Gasteiger partial charge in [-0.15, -0.1) is 10.2 Å². The third-order valence-corrected chi connectivity index (χ3v) is 7.30. The van der Waals surface area contributed by atoms with E-state index in [2.05, 4.69) is 44.0 Å². The van der Waals surface area contributed by atoms with E-state index in [9.17, 15) is 9.59 Å². The number of piperazine rings is 1. The van der Waals surface area contributed by atoms with Crippen LogP contribution < -0.4 is 9.80 Å². The fourth-order valence-corrected chi connectivity index (χ4v) is 5.19. The molecule has 1 aromatic rings. The normalized spacial score (nSPS) is 23.0. The zero-order valence-electron chi connectivity index (χ0n) is 20.1. The number of piperidine rings is 2. The number of aromatic nitrogens is 2. The summed E-state index contributed by atoms with van der Waals surface area (Å²) in [7, 11) is 0. The first-order valence-electron chi connectivity index (χ1n) is 12.6. The minimum absolute atomic E-state index is 0.0179. The van der Waals surface area contributed by atoms with Crippen molar-refractivity contribution in [2.75, 3.05) is 75.3 Å². The Labute approximate surface area is 197 Å². The monoisotopic (exact) mass is 458 g/mol. The van der Waals surface area contributed by atoms with E-state index in [0.717, 1.165) is 89.7 Å². The van der Waals surface area contributed by atoms with Crippen LogP contribution in [0.3, 0.4) is 0 Å². The van der Waals surface area contributed by atoms with Gasteiger partial charge in [-0.05, 0) is 51.3 Å². The molecule has 0 saturated carbocycles. The van der Waals surface area contributed by atoms with Crippen LogP contribution in [0.25, 0.3) is 0 Å². The molecule has 1 unspecified atom stereocenters. The summed E-state index contributed by atoms with van der Waals surface area (Å²) in [6, 6.07) is 4.13. The van der Waals surface area contributed by atoms with Crippen LogP contribution in [0.1, 0.15) is 39.5 Å². The number of carbonyl (C=O) groups is 2. The third kappa shape index (κ3) is 5.75. The maximum atomic E-state index is 13.1. The number of likely N-dealkylation sites (N-methyl/N-ethyl adjacent to an activating group) is 1. The Morgan fingerprint density at radius 1 is 0.879 bits per heavy atom. The zero-order chi connectivity index (χ0) is 23.2. The largest absolute Gasteiger partial charge is 0.466 e. The first-order valence-corrected chi connectivity index (χ1v) is 12.6. The smallest absolute Gasteiger partial charge is 0.310 e. The van der Waals surface area contributed by atoms with E-state index in [1.54, 1.807) is 0 Å². The van der Waals surface area contributed by atoms with Crippen molar-refractivity contribution >= 4 is 23.5 Å². The molecule has 1 amide bonds. The van der Waals surface area contributed by atoms with Gasteiger partial charge in [-0.3, -0.25) is 9.59 Å². The number of amides is 1. The van der Waals surface area contributed by atoms with Gasteiger partial charge >= 0.3 is 5.97 Å². The van der Waals surface area contributed by atoms with E-state index < -0.39 is 0 Å². The quantitative estimate of drug-likeness (QED) is 0.595. The summed E-state index contributed by atoms with van der Waals surface area (Å²) in [5, 5.41) is 8.99. The minimum Gasteiger partial charge on any atom is -0.466 e. The van der Waals surface area contributed by atoms with Gasteiger partial charge in [0.05, 0.1) is 12.5 Å². The highest BCUT2D eigenvalue weighted by Crippen LogP contribution is 2.27. The highest BCUT2D eigenvalue weighted by atomic mass is 16.5. The van der Waals surface area contributed by atoms with E-state index in [0.29, 0.717) is 13.2 Å². The number of carbonyl (C=O) groups excluding carboxylic acids is 2. The van der Waals surface area contributed by atoms with E-state index in [1.165, 1.54) is 0 Å². The van der Waals surface area contributed by atoms with Crippen LogP contribution in [0, 0.1) is 11.8 Å². The maximum absolute atomic E-state index is 13.1. The highest BCUT2D eigenvalue weighted by Gasteiger charge is 2.34. The fraction of sp³-hybridized carbons (Fsp3) is 0.750. The lowest BCUT2D eigenvalue weighted by molar-refractivity contribution is -0.152. The SMILES string of the molecule is CCOC(=O)C1CCCN(C(=O)C2CCN(c3ccc(N4CCN(CC)CC4)nn3)CC2)C1. The molecule has 0 N–H and O–H groups in total. The first kappa shape index (κ1) is 23.7. The van der Waals surface area contributed by atoms with Crippen LogP contribution in [0.2, 0.25) is 0 Å². The van der Waals surface area contributed by atoms with Crippen molar-refractivity contribution in [1.82, 2.24) is 20.0 Å². The Morgan fingerprint density at radius 3 is 2.09 bits per heavy atom. The van der Waals surface area contributed by atoms with E-state index in [4.69, 9.17) is 4.74 Å². The molecule has 1 atom stereocenters. The van der Waals surface area contributed by atoms with Crippen LogP contribution in [0.5, 0.6) is 0 Å². The van der Waals surface area contributed by atoms with Gasteiger partial charge in [0, 0.05) is 58.3 Å². The number of likely N-dealkylation sites (tertiary alicyclic amines) is 1. The lowest BCUT2D eigenvalue weighted by Crippen LogP contribution is -2.48. The summed E-state index contributed by atoms with van der Waals surface area (Å²) in [5.74, 6) is 1.69. The summed E-state index contributed by atoms with van der Waals surface area (Å²) in [6.07, 6.45) is 3.29. The summed E-state index contributed by atoms with van der Waals surface area (Å²) in [4.78, 5) is 34.1. The predicted molar refractivity (Wildman–Crippen MR) is 127 cm³/mol. The molecule has 4 rings (SSSR count).